The molecule has 9 heteroatoms. The molecular formula is C33H40BN3O5. The van der Waals surface area contributed by atoms with Crippen LogP contribution in [0.3, 0.4) is 0 Å². The average Bonchev–Trinajstić information content (AvgIpc) is 3.39. The minimum absolute atomic E-state index is 0.0220. The molecule has 4 heterocycles. The molecule has 0 spiro atoms. The summed E-state index contributed by atoms with van der Waals surface area (Å²) in [4.78, 5) is 28.1. The lowest BCUT2D eigenvalue weighted by Gasteiger charge is -2.54. The molecule has 1 aliphatic carbocycles. The fourth-order valence-electron chi connectivity index (χ4n) is 7.13. The molecule has 2 bridgehead atoms. The van der Waals surface area contributed by atoms with E-state index in [1.54, 1.807) is 28.6 Å². The smallest absolute Gasteiger partial charge is 0.471 e. The molecule has 1 fully saturated rings. The number of nitrogens with zero attached hydrogens (tertiary/aromatic N) is 3. The second kappa shape index (κ2) is 10.0. The Labute approximate surface area is 247 Å². The molecule has 220 valence electrons. The molecule has 42 heavy (non-hydrogen) atoms. The van der Waals surface area contributed by atoms with Crippen molar-refractivity contribution in [2.24, 2.45) is 5.92 Å². The van der Waals surface area contributed by atoms with E-state index in [4.69, 9.17) is 14.0 Å². The summed E-state index contributed by atoms with van der Waals surface area (Å²) in [5.41, 5.74) is 0.956. The monoisotopic (exact) mass is 569 g/mol. The van der Waals surface area contributed by atoms with Gasteiger partial charge in [-0.05, 0) is 88.8 Å². The third-order valence-corrected chi connectivity index (χ3v) is 10.1. The zero-order valence-corrected chi connectivity index (χ0v) is 25.5. The minimum atomic E-state index is -0.731. The first kappa shape index (κ1) is 28.6. The fraction of sp³-hybridized carbons (Fsp3) is 0.455. The predicted molar refractivity (Wildman–Crippen MR) is 165 cm³/mol. The summed E-state index contributed by atoms with van der Waals surface area (Å²) in [6, 6.07) is 16.4. The van der Waals surface area contributed by atoms with Crippen LogP contribution in [0.25, 0.3) is 5.69 Å². The van der Waals surface area contributed by atoms with Crippen LogP contribution in [0.1, 0.15) is 65.6 Å². The number of aryl methyl sites for hydroxylation is 1. The number of hydrogen-bond donors (Lipinski definition) is 0. The van der Waals surface area contributed by atoms with Gasteiger partial charge in [-0.1, -0.05) is 55.5 Å². The van der Waals surface area contributed by atoms with Gasteiger partial charge < -0.3 is 14.0 Å². The highest BCUT2D eigenvalue weighted by Crippen LogP contribution is 2.66. The first-order valence-electron chi connectivity index (χ1n) is 14.8. The summed E-state index contributed by atoms with van der Waals surface area (Å²) in [6.07, 6.45) is 7.90. The summed E-state index contributed by atoms with van der Waals surface area (Å²) in [5, 5.41) is -0.731. The molecule has 3 aromatic rings. The first-order chi connectivity index (χ1) is 20.0. The van der Waals surface area contributed by atoms with Crippen LogP contribution in [0, 0.1) is 5.92 Å². The standard InChI is InChI=1S/C33H40BN3O5/c1-8-26-27-20-21-28(37-30(39)35(29(38)36(27)37)24-12-10-9-11-13-24)33(26,34-41-31(3,4)32(5,6)42-34)22(2)14-15-23-16-18-25(40-7)19-17-23/h8-13,16-22,27-28H,14-15H2,1-7H3/b26-8+/t22-,27?,28?,33?/m1/s1. The Hall–Kier alpha value is -3.56. The van der Waals surface area contributed by atoms with Gasteiger partial charge in [-0.15, -0.1) is 0 Å². The van der Waals surface area contributed by atoms with Gasteiger partial charge in [-0.3, -0.25) is 0 Å². The average molecular weight is 570 g/mol. The largest absolute Gasteiger partial charge is 0.497 e. The van der Waals surface area contributed by atoms with Gasteiger partial charge in [0.2, 0.25) is 0 Å². The van der Waals surface area contributed by atoms with Crippen molar-refractivity contribution in [3.63, 3.8) is 0 Å². The number of allylic oxidation sites excluding steroid dienone is 4. The molecule has 4 atom stereocenters. The third-order valence-electron chi connectivity index (χ3n) is 10.1. The molecule has 0 amide bonds. The van der Waals surface area contributed by atoms with Crippen LogP contribution in [0.4, 0.5) is 0 Å². The molecule has 1 aromatic heterocycles. The molecule has 8 nitrogen and oxygen atoms in total. The highest BCUT2D eigenvalue weighted by molar-refractivity contribution is 6.51. The minimum Gasteiger partial charge on any atom is -0.497 e. The molecule has 2 aromatic carbocycles. The van der Waals surface area contributed by atoms with Crippen molar-refractivity contribution in [1.82, 2.24) is 13.9 Å². The number of para-hydroxylation sites is 1. The molecule has 3 unspecified atom stereocenters. The number of benzene rings is 2. The van der Waals surface area contributed by atoms with Gasteiger partial charge in [0, 0.05) is 0 Å². The van der Waals surface area contributed by atoms with E-state index in [1.807, 2.05) is 37.3 Å². The summed E-state index contributed by atoms with van der Waals surface area (Å²) in [5.74, 6) is 0.848. The maximum absolute atomic E-state index is 14.2. The summed E-state index contributed by atoms with van der Waals surface area (Å²) in [6.45, 7) is 12.5. The molecule has 3 aliphatic heterocycles. The Morgan fingerprint density at radius 3 is 2.14 bits per heavy atom. The maximum Gasteiger partial charge on any atom is 0.471 e. The number of ether oxygens (including phenoxy) is 1. The first-order valence-corrected chi connectivity index (χ1v) is 14.8. The topological polar surface area (TPSA) is 76.6 Å². The van der Waals surface area contributed by atoms with E-state index in [2.05, 4.69) is 65.0 Å². The zero-order valence-electron chi connectivity index (χ0n) is 25.5. The Bertz CT molecular complexity index is 1650. The maximum atomic E-state index is 14.2. The lowest BCUT2D eigenvalue weighted by Crippen LogP contribution is -2.57. The zero-order chi connectivity index (χ0) is 30.0. The molecule has 4 aliphatic rings. The van der Waals surface area contributed by atoms with Crippen molar-refractivity contribution in [2.45, 2.75) is 83.0 Å². The summed E-state index contributed by atoms with van der Waals surface area (Å²) >= 11 is 0. The van der Waals surface area contributed by atoms with Crippen molar-refractivity contribution in [3.05, 3.63) is 105 Å². The number of methoxy groups -OCH3 is 1. The molecule has 0 N–H and O–H groups in total. The van der Waals surface area contributed by atoms with E-state index in [9.17, 15) is 9.59 Å². The normalized spacial score (nSPS) is 26.9. The fourth-order valence-corrected chi connectivity index (χ4v) is 7.13. The van der Waals surface area contributed by atoms with Crippen molar-refractivity contribution in [3.8, 4) is 11.4 Å². The molecule has 7 rings (SSSR count). The lowest BCUT2D eigenvalue weighted by molar-refractivity contribution is 0.00578. The number of aromatic nitrogens is 3. The van der Waals surface area contributed by atoms with Gasteiger partial charge in [0.05, 0.1) is 41.4 Å². The second-order valence-electron chi connectivity index (χ2n) is 12.8. The third kappa shape index (κ3) is 3.97. The van der Waals surface area contributed by atoms with Crippen LogP contribution in [-0.2, 0) is 15.7 Å². The Kier molecular flexibility index (Phi) is 6.81. The van der Waals surface area contributed by atoms with Crippen LogP contribution >= 0.6 is 0 Å². The van der Waals surface area contributed by atoms with E-state index in [-0.39, 0.29) is 17.3 Å². The van der Waals surface area contributed by atoms with Crippen LogP contribution < -0.4 is 16.1 Å². The number of rotatable bonds is 7. The van der Waals surface area contributed by atoms with Gasteiger partial charge in [0.25, 0.3) is 0 Å². The molecular weight excluding hydrogens is 529 g/mol. The Morgan fingerprint density at radius 2 is 1.55 bits per heavy atom. The summed E-state index contributed by atoms with van der Waals surface area (Å²) in [7, 11) is 1.04. The van der Waals surface area contributed by atoms with E-state index >= 15 is 0 Å². The van der Waals surface area contributed by atoms with E-state index < -0.39 is 35.7 Å². The SMILES string of the molecule is C/C=C1\C2C=CC(n3c(=O)n(-c4ccccc4)c(=O)n32)C1(B1OC(C)(C)C(C)(C)O1)[C@H](C)CCc1ccc(OC)cc1. The number of fused-ring (bicyclic) bond motifs is 1. The Morgan fingerprint density at radius 1 is 0.929 bits per heavy atom. The van der Waals surface area contributed by atoms with Gasteiger partial charge in [-0.25, -0.2) is 23.5 Å². The Balaban J connectivity index is 1.52. The highest BCUT2D eigenvalue weighted by atomic mass is 16.7. The van der Waals surface area contributed by atoms with Gasteiger partial charge in [0.1, 0.15) is 5.75 Å². The van der Waals surface area contributed by atoms with Crippen LogP contribution in [0.15, 0.2) is 88.0 Å². The van der Waals surface area contributed by atoms with Crippen molar-refractivity contribution in [2.75, 3.05) is 7.11 Å². The molecule has 1 saturated heterocycles. The highest BCUT2D eigenvalue weighted by Gasteiger charge is 2.68. The van der Waals surface area contributed by atoms with Crippen LogP contribution in [-0.4, -0.2) is 39.4 Å². The van der Waals surface area contributed by atoms with E-state index in [1.165, 1.54) is 10.1 Å². The van der Waals surface area contributed by atoms with E-state index in [0.29, 0.717) is 5.69 Å². The number of hydrogen-bond acceptors (Lipinski definition) is 5. The van der Waals surface area contributed by atoms with Crippen LogP contribution in [0.5, 0.6) is 5.75 Å². The predicted octanol–water partition coefficient (Wildman–Crippen LogP) is 5.52. The van der Waals surface area contributed by atoms with Crippen molar-refractivity contribution < 1.29 is 14.0 Å². The molecule has 0 saturated carbocycles. The quantitative estimate of drug-likeness (QED) is 0.277. The second-order valence-corrected chi connectivity index (χ2v) is 12.8. The lowest BCUT2D eigenvalue weighted by atomic mass is 9.41. The van der Waals surface area contributed by atoms with E-state index in [0.717, 1.165) is 24.2 Å². The molecule has 0 radical (unpaired) electrons. The van der Waals surface area contributed by atoms with Crippen molar-refractivity contribution in [1.29, 1.82) is 0 Å². The summed E-state index contributed by atoms with van der Waals surface area (Å²) < 4.78 is 23.6. The van der Waals surface area contributed by atoms with Crippen molar-refractivity contribution >= 4 is 7.12 Å². The van der Waals surface area contributed by atoms with Gasteiger partial charge in [0.15, 0.2) is 0 Å². The van der Waals surface area contributed by atoms with Gasteiger partial charge >= 0.3 is 18.5 Å². The van der Waals surface area contributed by atoms with Gasteiger partial charge in [-0.2, -0.15) is 0 Å². The van der Waals surface area contributed by atoms with Crippen LogP contribution in [0.2, 0.25) is 5.31 Å².